The van der Waals surface area contributed by atoms with Crippen LogP contribution in [0.5, 0.6) is 5.75 Å². The summed E-state index contributed by atoms with van der Waals surface area (Å²) in [4.78, 5) is 26.5. The first-order chi connectivity index (χ1) is 15.6. The summed E-state index contributed by atoms with van der Waals surface area (Å²) >= 11 is 0. The molecule has 32 heavy (non-hydrogen) atoms. The Morgan fingerprint density at radius 1 is 0.875 bits per heavy atom. The van der Waals surface area contributed by atoms with Gasteiger partial charge in [0.15, 0.2) is 5.82 Å². The Kier molecular flexibility index (Phi) is 5.19. The zero-order chi connectivity index (χ0) is 22.1. The van der Waals surface area contributed by atoms with Crippen LogP contribution in [0.4, 0.5) is 5.82 Å². The molecule has 3 aromatic carbocycles. The summed E-state index contributed by atoms with van der Waals surface area (Å²) in [5, 5.41) is 11.3. The fraction of sp³-hybridized carbons (Fsp3) is 0.192. The standard InChI is InChI=1S/C26H24N4O2/c1-18-11-12-20-22(17-18)27-24(21-9-5-6-10-23(21)31)28-25(20)29-13-15-30(16-14-29)26(32)19-7-3-2-4-8-19/h2-12,17,31H,13-16H2,1H3. The topological polar surface area (TPSA) is 69.6 Å². The molecular formula is C26H24N4O2. The highest BCUT2D eigenvalue weighted by Crippen LogP contribution is 2.32. The molecule has 6 heteroatoms. The average Bonchev–Trinajstić information content (AvgIpc) is 2.83. The largest absolute Gasteiger partial charge is 0.507 e. The quantitative estimate of drug-likeness (QED) is 0.532. The second-order valence-corrected chi connectivity index (χ2v) is 8.05. The second-order valence-electron chi connectivity index (χ2n) is 8.05. The zero-order valence-electron chi connectivity index (χ0n) is 17.9. The maximum Gasteiger partial charge on any atom is 0.253 e. The van der Waals surface area contributed by atoms with Gasteiger partial charge in [-0.3, -0.25) is 4.79 Å². The van der Waals surface area contributed by atoms with E-state index in [-0.39, 0.29) is 11.7 Å². The van der Waals surface area contributed by atoms with Crippen LogP contribution >= 0.6 is 0 Å². The smallest absolute Gasteiger partial charge is 0.253 e. The third-order valence-electron chi connectivity index (χ3n) is 5.86. The summed E-state index contributed by atoms with van der Waals surface area (Å²) in [6.07, 6.45) is 0. The van der Waals surface area contributed by atoms with Crippen LogP contribution in [-0.4, -0.2) is 52.1 Å². The SMILES string of the molecule is Cc1ccc2c(N3CCN(C(=O)c4ccccc4)CC3)nc(-c3ccccc3O)nc2c1. The fourth-order valence-corrected chi connectivity index (χ4v) is 4.13. The van der Waals surface area contributed by atoms with E-state index in [1.807, 2.05) is 60.4 Å². The van der Waals surface area contributed by atoms with Crippen LogP contribution in [0.1, 0.15) is 15.9 Å². The molecule has 1 N–H and O–H groups in total. The second kappa shape index (κ2) is 8.30. The minimum atomic E-state index is 0.0586. The molecule has 5 rings (SSSR count). The lowest BCUT2D eigenvalue weighted by Crippen LogP contribution is -2.49. The summed E-state index contributed by atoms with van der Waals surface area (Å²) in [6.45, 7) is 4.64. The number of hydrogen-bond donors (Lipinski definition) is 1. The summed E-state index contributed by atoms with van der Waals surface area (Å²) < 4.78 is 0. The minimum absolute atomic E-state index is 0.0586. The number of nitrogens with zero attached hydrogens (tertiary/aromatic N) is 4. The van der Waals surface area contributed by atoms with Crippen molar-refractivity contribution in [3.05, 3.63) is 83.9 Å². The minimum Gasteiger partial charge on any atom is -0.507 e. The molecule has 0 saturated carbocycles. The number of fused-ring (bicyclic) bond motifs is 1. The summed E-state index contributed by atoms with van der Waals surface area (Å²) in [5.41, 5.74) is 3.28. The van der Waals surface area contributed by atoms with E-state index in [1.165, 1.54) is 0 Å². The Morgan fingerprint density at radius 3 is 2.34 bits per heavy atom. The zero-order valence-corrected chi connectivity index (χ0v) is 17.9. The number of benzene rings is 3. The van der Waals surface area contributed by atoms with Crippen molar-refractivity contribution in [1.29, 1.82) is 0 Å². The Balaban J connectivity index is 1.48. The van der Waals surface area contributed by atoms with Crippen LogP contribution in [0.25, 0.3) is 22.3 Å². The normalized spacial score (nSPS) is 14.0. The van der Waals surface area contributed by atoms with Crippen LogP contribution in [0.3, 0.4) is 0 Å². The van der Waals surface area contributed by atoms with Crippen LogP contribution < -0.4 is 4.90 Å². The van der Waals surface area contributed by atoms with Gasteiger partial charge in [0.05, 0.1) is 11.1 Å². The number of rotatable bonds is 3. The number of phenolic OH excluding ortho intramolecular Hbond substituents is 1. The molecule has 0 atom stereocenters. The highest BCUT2D eigenvalue weighted by Gasteiger charge is 2.25. The average molecular weight is 425 g/mol. The first-order valence-corrected chi connectivity index (χ1v) is 10.8. The Hall–Kier alpha value is -3.93. The van der Waals surface area contributed by atoms with Crippen molar-refractivity contribution in [1.82, 2.24) is 14.9 Å². The van der Waals surface area contributed by atoms with E-state index in [0.29, 0.717) is 43.1 Å². The van der Waals surface area contributed by atoms with E-state index in [0.717, 1.165) is 22.3 Å². The number of carbonyl (C=O) groups is 1. The molecular weight excluding hydrogens is 400 g/mol. The van der Waals surface area contributed by atoms with Crippen molar-refractivity contribution in [2.75, 3.05) is 31.1 Å². The molecule has 0 bridgehead atoms. The predicted octanol–water partition coefficient (Wildman–Crippen LogP) is 4.27. The lowest BCUT2D eigenvalue weighted by atomic mass is 10.1. The molecule has 1 fully saturated rings. The van der Waals surface area contributed by atoms with E-state index in [4.69, 9.17) is 9.97 Å². The van der Waals surface area contributed by atoms with Crippen LogP contribution in [-0.2, 0) is 0 Å². The molecule has 0 radical (unpaired) electrons. The number of para-hydroxylation sites is 1. The molecule has 1 aromatic heterocycles. The highest BCUT2D eigenvalue weighted by atomic mass is 16.3. The first-order valence-electron chi connectivity index (χ1n) is 10.8. The van der Waals surface area contributed by atoms with E-state index in [2.05, 4.69) is 17.0 Å². The van der Waals surface area contributed by atoms with Crippen molar-refractivity contribution in [2.45, 2.75) is 6.92 Å². The van der Waals surface area contributed by atoms with Crippen molar-refractivity contribution in [3.8, 4) is 17.1 Å². The van der Waals surface area contributed by atoms with Gasteiger partial charge in [0.1, 0.15) is 11.6 Å². The maximum atomic E-state index is 12.8. The molecule has 6 nitrogen and oxygen atoms in total. The molecule has 0 aliphatic carbocycles. The van der Waals surface area contributed by atoms with Gasteiger partial charge in [0.2, 0.25) is 0 Å². The molecule has 160 valence electrons. The van der Waals surface area contributed by atoms with Crippen LogP contribution in [0, 0.1) is 6.92 Å². The van der Waals surface area contributed by atoms with E-state index < -0.39 is 0 Å². The highest BCUT2D eigenvalue weighted by molar-refractivity contribution is 5.95. The number of anilines is 1. The molecule has 1 aliphatic rings. The fourth-order valence-electron chi connectivity index (χ4n) is 4.13. The van der Waals surface area contributed by atoms with Gasteiger partial charge in [-0.15, -0.1) is 0 Å². The van der Waals surface area contributed by atoms with E-state index in [1.54, 1.807) is 12.1 Å². The molecule has 0 unspecified atom stereocenters. The number of aromatic hydroxyl groups is 1. The van der Waals surface area contributed by atoms with Crippen molar-refractivity contribution >= 4 is 22.6 Å². The van der Waals surface area contributed by atoms with Gasteiger partial charge in [0, 0.05) is 37.1 Å². The number of amides is 1. The van der Waals surface area contributed by atoms with Crippen LogP contribution in [0.2, 0.25) is 0 Å². The Labute approximate surface area is 186 Å². The van der Waals surface area contributed by atoms with Gasteiger partial charge >= 0.3 is 0 Å². The number of aryl methyl sites for hydroxylation is 1. The number of hydrogen-bond acceptors (Lipinski definition) is 5. The third kappa shape index (κ3) is 3.75. The Bertz CT molecular complexity index is 1280. The molecule has 4 aromatic rings. The molecule has 0 spiro atoms. The molecule has 1 amide bonds. The summed E-state index contributed by atoms with van der Waals surface area (Å²) in [6, 6.07) is 22.7. The first kappa shape index (κ1) is 20.0. The van der Waals surface area contributed by atoms with Crippen molar-refractivity contribution in [3.63, 3.8) is 0 Å². The van der Waals surface area contributed by atoms with E-state index in [9.17, 15) is 9.90 Å². The maximum absolute atomic E-state index is 12.8. The van der Waals surface area contributed by atoms with E-state index >= 15 is 0 Å². The van der Waals surface area contributed by atoms with Crippen molar-refractivity contribution in [2.24, 2.45) is 0 Å². The lowest BCUT2D eigenvalue weighted by Gasteiger charge is -2.36. The van der Waals surface area contributed by atoms with Gasteiger partial charge in [0.25, 0.3) is 5.91 Å². The van der Waals surface area contributed by atoms with Crippen LogP contribution in [0.15, 0.2) is 72.8 Å². The van der Waals surface area contributed by atoms with Gasteiger partial charge in [-0.2, -0.15) is 0 Å². The summed E-state index contributed by atoms with van der Waals surface area (Å²) in [7, 11) is 0. The number of carbonyl (C=O) groups excluding carboxylic acids is 1. The summed E-state index contributed by atoms with van der Waals surface area (Å²) in [5.74, 6) is 1.55. The van der Waals surface area contributed by atoms with Gasteiger partial charge in [-0.05, 0) is 48.9 Å². The Morgan fingerprint density at radius 2 is 1.59 bits per heavy atom. The third-order valence-corrected chi connectivity index (χ3v) is 5.86. The number of piperazine rings is 1. The number of aromatic nitrogens is 2. The molecule has 1 aliphatic heterocycles. The molecule has 1 saturated heterocycles. The molecule has 2 heterocycles. The monoisotopic (exact) mass is 424 g/mol. The van der Waals surface area contributed by atoms with Gasteiger partial charge in [-0.1, -0.05) is 36.4 Å². The van der Waals surface area contributed by atoms with Gasteiger partial charge < -0.3 is 14.9 Å². The number of phenols is 1. The van der Waals surface area contributed by atoms with Gasteiger partial charge in [-0.25, -0.2) is 9.97 Å². The van der Waals surface area contributed by atoms with Crippen molar-refractivity contribution < 1.29 is 9.90 Å². The predicted molar refractivity (Wildman–Crippen MR) is 126 cm³/mol. The lowest BCUT2D eigenvalue weighted by molar-refractivity contribution is 0.0746.